The lowest BCUT2D eigenvalue weighted by Crippen LogP contribution is -2.45. The lowest BCUT2D eigenvalue weighted by atomic mass is 9.80. The first kappa shape index (κ1) is 15.5. The summed E-state index contributed by atoms with van der Waals surface area (Å²) in [4.78, 5) is 0. The Morgan fingerprint density at radius 1 is 1.50 bits per heavy atom. The summed E-state index contributed by atoms with van der Waals surface area (Å²) < 4.78 is 31.2. The molecule has 1 aromatic heterocycles. The van der Waals surface area contributed by atoms with Crippen molar-refractivity contribution in [1.82, 2.24) is 9.88 Å². The van der Waals surface area contributed by atoms with Crippen LogP contribution >= 0.6 is 0 Å². The summed E-state index contributed by atoms with van der Waals surface area (Å²) in [5.74, 6) is 0.955. The van der Waals surface area contributed by atoms with Gasteiger partial charge in [-0.1, -0.05) is 12.1 Å². The Bertz CT molecular complexity index is 544. The molecule has 0 unspecified atom stereocenters. The molecule has 1 fully saturated rings. The topological polar surface area (TPSA) is 92.4 Å². The molecule has 20 heavy (non-hydrogen) atoms. The summed E-state index contributed by atoms with van der Waals surface area (Å²) in [6.45, 7) is 3.93. The molecule has 0 bridgehead atoms. The van der Waals surface area contributed by atoms with Crippen LogP contribution in [0.3, 0.4) is 0 Å². The van der Waals surface area contributed by atoms with Crippen LogP contribution in [0.15, 0.2) is 10.6 Å². The second kappa shape index (κ2) is 5.83. The molecule has 1 saturated carbocycles. The molecule has 2 N–H and O–H groups in total. The van der Waals surface area contributed by atoms with Gasteiger partial charge in [0.1, 0.15) is 17.2 Å². The van der Waals surface area contributed by atoms with Crippen LogP contribution in [-0.2, 0) is 15.8 Å². The Labute approximate surface area is 119 Å². The zero-order chi connectivity index (χ0) is 14.8. The third-order valence-electron chi connectivity index (χ3n) is 3.84. The van der Waals surface area contributed by atoms with Crippen LogP contribution in [0.1, 0.15) is 44.1 Å². The highest BCUT2D eigenvalue weighted by molar-refractivity contribution is 7.88. The molecule has 7 heteroatoms. The zero-order valence-electron chi connectivity index (χ0n) is 11.9. The van der Waals surface area contributed by atoms with E-state index in [0.717, 1.165) is 12.8 Å². The highest BCUT2D eigenvalue weighted by Gasteiger charge is 2.33. The first-order valence-electron chi connectivity index (χ1n) is 6.90. The van der Waals surface area contributed by atoms with Gasteiger partial charge in [-0.2, -0.15) is 0 Å². The summed E-state index contributed by atoms with van der Waals surface area (Å²) in [5.41, 5.74) is -0.543. The van der Waals surface area contributed by atoms with Crippen molar-refractivity contribution < 1.29 is 18.0 Å². The van der Waals surface area contributed by atoms with Gasteiger partial charge < -0.3 is 9.63 Å². The third-order valence-corrected chi connectivity index (χ3v) is 5.10. The Balaban J connectivity index is 1.89. The zero-order valence-corrected chi connectivity index (χ0v) is 12.7. The van der Waals surface area contributed by atoms with Crippen molar-refractivity contribution in [2.24, 2.45) is 5.92 Å². The third kappa shape index (κ3) is 4.29. The minimum atomic E-state index is -3.50. The lowest BCUT2D eigenvalue weighted by molar-refractivity contribution is -0.00183. The standard InChI is InChI=1S/C13H22N2O4S/c1-10-3-5-13(16,6-4-10)9-14-20(17,18)8-12-7-11(2)19-15-12/h7,10,14,16H,3-6,8-9H2,1-2H3. The number of aromatic nitrogens is 1. The fourth-order valence-electron chi connectivity index (χ4n) is 2.45. The van der Waals surface area contributed by atoms with Crippen LogP contribution in [0.4, 0.5) is 0 Å². The van der Waals surface area contributed by atoms with E-state index in [4.69, 9.17) is 4.52 Å². The highest BCUT2D eigenvalue weighted by Crippen LogP contribution is 2.31. The molecule has 1 aliphatic carbocycles. The second-order valence-corrected chi connectivity index (χ2v) is 7.72. The normalized spacial score (nSPS) is 27.6. The van der Waals surface area contributed by atoms with E-state index in [1.165, 1.54) is 0 Å². The second-order valence-electron chi connectivity index (χ2n) is 5.92. The van der Waals surface area contributed by atoms with E-state index in [0.29, 0.717) is 30.2 Å². The van der Waals surface area contributed by atoms with E-state index in [-0.39, 0.29) is 12.3 Å². The summed E-state index contributed by atoms with van der Waals surface area (Å²) in [5, 5.41) is 14.0. The number of sulfonamides is 1. The summed E-state index contributed by atoms with van der Waals surface area (Å²) >= 11 is 0. The predicted molar refractivity (Wildman–Crippen MR) is 74.4 cm³/mol. The number of hydrogen-bond donors (Lipinski definition) is 2. The molecule has 1 aliphatic rings. The first-order chi connectivity index (χ1) is 9.28. The van der Waals surface area contributed by atoms with Gasteiger partial charge >= 0.3 is 0 Å². The van der Waals surface area contributed by atoms with Crippen LogP contribution in [0.2, 0.25) is 0 Å². The van der Waals surface area contributed by atoms with E-state index >= 15 is 0 Å². The fraction of sp³-hybridized carbons (Fsp3) is 0.769. The van der Waals surface area contributed by atoms with E-state index < -0.39 is 15.6 Å². The molecule has 0 radical (unpaired) electrons. The maximum absolute atomic E-state index is 12.0. The SMILES string of the molecule is Cc1cc(CS(=O)(=O)NCC2(O)CCC(C)CC2)no1. The first-order valence-corrected chi connectivity index (χ1v) is 8.55. The molecule has 0 spiro atoms. The van der Waals surface area contributed by atoms with Gasteiger partial charge in [0.15, 0.2) is 0 Å². The number of nitrogens with zero attached hydrogens (tertiary/aromatic N) is 1. The number of aryl methyl sites for hydroxylation is 1. The van der Waals surface area contributed by atoms with Gasteiger partial charge in [0.2, 0.25) is 10.0 Å². The van der Waals surface area contributed by atoms with E-state index in [1.54, 1.807) is 13.0 Å². The fourth-order valence-corrected chi connectivity index (χ4v) is 3.57. The predicted octanol–water partition coefficient (Wildman–Crippen LogP) is 1.34. The molecule has 114 valence electrons. The van der Waals surface area contributed by atoms with Crippen LogP contribution in [0.25, 0.3) is 0 Å². The van der Waals surface area contributed by atoms with Crippen LogP contribution in [0.5, 0.6) is 0 Å². The van der Waals surface area contributed by atoms with Gasteiger partial charge in [0.05, 0.1) is 5.60 Å². The van der Waals surface area contributed by atoms with Crippen LogP contribution in [-0.4, -0.2) is 30.8 Å². The van der Waals surface area contributed by atoms with Crippen molar-refractivity contribution >= 4 is 10.0 Å². The Hall–Kier alpha value is -0.920. The summed E-state index contributed by atoms with van der Waals surface area (Å²) in [7, 11) is -3.50. The van der Waals surface area contributed by atoms with Crippen molar-refractivity contribution in [3.05, 3.63) is 17.5 Å². The smallest absolute Gasteiger partial charge is 0.217 e. The summed E-state index contributed by atoms with van der Waals surface area (Å²) in [6.07, 6.45) is 3.14. The minimum absolute atomic E-state index is 0.0683. The van der Waals surface area contributed by atoms with Crippen molar-refractivity contribution in [3.63, 3.8) is 0 Å². The van der Waals surface area contributed by atoms with Crippen LogP contribution in [0, 0.1) is 12.8 Å². The van der Waals surface area contributed by atoms with Crippen molar-refractivity contribution in [1.29, 1.82) is 0 Å². The van der Waals surface area contributed by atoms with E-state index in [1.807, 2.05) is 0 Å². The number of nitrogens with one attached hydrogen (secondary N) is 1. The van der Waals surface area contributed by atoms with Gasteiger partial charge in [-0.15, -0.1) is 0 Å². The van der Waals surface area contributed by atoms with Gasteiger partial charge in [-0.3, -0.25) is 0 Å². The van der Waals surface area contributed by atoms with Gasteiger partial charge in [-0.25, -0.2) is 13.1 Å². The Kier molecular flexibility index (Phi) is 4.51. The minimum Gasteiger partial charge on any atom is -0.389 e. The van der Waals surface area contributed by atoms with Gasteiger partial charge in [-0.05, 0) is 38.5 Å². The molecular weight excluding hydrogens is 280 g/mol. The molecule has 1 heterocycles. The van der Waals surface area contributed by atoms with Gasteiger partial charge in [0.25, 0.3) is 0 Å². The lowest BCUT2D eigenvalue weighted by Gasteiger charge is -2.34. The monoisotopic (exact) mass is 302 g/mol. The number of aliphatic hydroxyl groups is 1. The van der Waals surface area contributed by atoms with Crippen molar-refractivity contribution in [3.8, 4) is 0 Å². The maximum atomic E-state index is 12.0. The highest BCUT2D eigenvalue weighted by atomic mass is 32.2. The molecule has 0 atom stereocenters. The molecule has 6 nitrogen and oxygen atoms in total. The Morgan fingerprint density at radius 3 is 2.70 bits per heavy atom. The molecule has 2 rings (SSSR count). The quantitative estimate of drug-likeness (QED) is 0.856. The molecular formula is C13H22N2O4S. The van der Waals surface area contributed by atoms with Crippen molar-refractivity contribution in [2.75, 3.05) is 6.54 Å². The number of hydrogen-bond acceptors (Lipinski definition) is 5. The van der Waals surface area contributed by atoms with Gasteiger partial charge in [0, 0.05) is 12.6 Å². The number of rotatable bonds is 5. The summed E-state index contributed by atoms with van der Waals surface area (Å²) in [6, 6.07) is 1.59. The van der Waals surface area contributed by atoms with Crippen LogP contribution < -0.4 is 4.72 Å². The molecule has 0 aliphatic heterocycles. The molecule has 0 aromatic carbocycles. The largest absolute Gasteiger partial charge is 0.389 e. The maximum Gasteiger partial charge on any atom is 0.217 e. The molecule has 0 saturated heterocycles. The average Bonchev–Trinajstić information content (AvgIpc) is 2.76. The molecule has 1 aromatic rings. The van der Waals surface area contributed by atoms with E-state index in [9.17, 15) is 13.5 Å². The van der Waals surface area contributed by atoms with E-state index in [2.05, 4.69) is 16.8 Å². The van der Waals surface area contributed by atoms with Crippen molar-refractivity contribution in [2.45, 2.75) is 50.9 Å². The Morgan fingerprint density at radius 2 is 2.15 bits per heavy atom. The molecule has 0 amide bonds. The average molecular weight is 302 g/mol.